The quantitative estimate of drug-likeness (QED) is 0.785. The van der Waals surface area contributed by atoms with Gasteiger partial charge in [0.05, 0.1) is 11.7 Å². The lowest BCUT2D eigenvalue weighted by Crippen LogP contribution is -2.39. The normalized spacial score (nSPS) is 19.9. The van der Waals surface area contributed by atoms with Crippen molar-refractivity contribution in [2.75, 3.05) is 13.2 Å². The summed E-state index contributed by atoms with van der Waals surface area (Å²) < 4.78 is 13.1. The highest BCUT2D eigenvalue weighted by molar-refractivity contribution is 6.99. The fourth-order valence-electron chi connectivity index (χ4n) is 2.41. The molecule has 2 rings (SSSR count). The largest absolute Gasteiger partial charge is 0.473 e. The summed E-state index contributed by atoms with van der Waals surface area (Å²) in [5.74, 6) is 1.25. The van der Waals surface area contributed by atoms with E-state index in [4.69, 9.17) is 4.74 Å². The summed E-state index contributed by atoms with van der Waals surface area (Å²) in [6, 6.07) is 0.475. The lowest BCUT2D eigenvalue weighted by Gasteiger charge is -2.22. The molecule has 5 nitrogen and oxygen atoms in total. The van der Waals surface area contributed by atoms with Crippen LogP contribution in [-0.4, -0.2) is 39.2 Å². The molecule has 0 aliphatic heterocycles. The number of ether oxygens (including phenoxy) is 1. The molecule has 0 saturated heterocycles. The van der Waals surface area contributed by atoms with Crippen molar-refractivity contribution in [2.45, 2.75) is 44.8 Å². The molecule has 0 spiro atoms. The Morgan fingerprint density at radius 2 is 2.33 bits per heavy atom. The average molecular weight is 271 g/mol. The van der Waals surface area contributed by atoms with Gasteiger partial charge in [-0.2, -0.15) is 4.37 Å². The Morgan fingerprint density at radius 1 is 1.56 bits per heavy atom. The van der Waals surface area contributed by atoms with Gasteiger partial charge in [0, 0.05) is 12.6 Å². The Balaban J connectivity index is 1.60. The third kappa shape index (κ3) is 4.19. The van der Waals surface area contributed by atoms with Gasteiger partial charge < -0.3 is 15.2 Å². The second-order valence-electron chi connectivity index (χ2n) is 4.95. The maximum absolute atomic E-state index is 9.81. The first-order valence-corrected chi connectivity index (χ1v) is 7.30. The molecule has 1 aliphatic rings. The van der Waals surface area contributed by atoms with Crippen LogP contribution in [0.15, 0.2) is 6.20 Å². The Bertz CT molecular complexity index is 328. The fraction of sp³-hybridized carbons (Fsp3) is 0.833. The minimum Gasteiger partial charge on any atom is -0.473 e. The van der Waals surface area contributed by atoms with E-state index in [2.05, 4.69) is 21.0 Å². The Labute approximate surface area is 112 Å². The van der Waals surface area contributed by atoms with Gasteiger partial charge in [-0.3, -0.25) is 0 Å². The van der Waals surface area contributed by atoms with E-state index in [1.54, 1.807) is 6.20 Å². The number of hydrogen-bond acceptors (Lipinski definition) is 6. The molecule has 1 aromatic heterocycles. The van der Waals surface area contributed by atoms with E-state index in [1.807, 2.05) is 0 Å². The first-order valence-electron chi connectivity index (χ1n) is 6.57. The maximum atomic E-state index is 9.81. The molecule has 1 saturated carbocycles. The number of aliphatic hydroxyl groups excluding tert-OH is 1. The summed E-state index contributed by atoms with van der Waals surface area (Å²) in [5, 5.41) is 13.2. The summed E-state index contributed by atoms with van der Waals surface area (Å²) in [6.45, 7) is 3.03. The van der Waals surface area contributed by atoms with Gasteiger partial charge in [-0.25, -0.2) is 0 Å². The number of aliphatic hydroxyl groups is 1. The topological polar surface area (TPSA) is 67.3 Å². The first-order chi connectivity index (χ1) is 8.75. The first kappa shape index (κ1) is 13.7. The minimum atomic E-state index is -0.504. The van der Waals surface area contributed by atoms with Crippen molar-refractivity contribution in [3.63, 3.8) is 0 Å². The lowest BCUT2D eigenvalue weighted by atomic mass is 10.00. The van der Waals surface area contributed by atoms with E-state index in [-0.39, 0.29) is 6.61 Å². The van der Waals surface area contributed by atoms with Crippen LogP contribution in [0.2, 0.25) is 0 Å². The number of aromatic nitrogens is 2. The smallest absolute Gasteiger partial charge is 0.245 e. The van der Waals surface area contributed by atoms with Gasteiger partial charge in [-0.1, -0.05) is 12.8 Å². The number of nitrogens with one attached hydrogen (secondary N) is 1. The number of rotatable bonds is 7. The molecule has 2 N–H and O–H groups in total. The molecule has 18 heavy (non-hydrogen) atoms. The van der Waals surface area contributed by atoms with Crippen LogP contribution in [0.25, 0.3) is 0 Å². The van der Waals surface area contributed by atoms with Crippen molar-refractivity contribution in [3.8, 4) is 5.88 Å². The molecule has 1 unspecified atom stereocenters. The summed E-state index contributed by atoms with van der Waals surface area (Å²) in [4.78, 5) is 0. The second-order valence-corrected chi connectivity index (χ2v) is 5.51. The third-order valence-corrected chi connectivity index (χ3v) is 4.01. The Morgan fingerprint density at radius 3 is 3.00 bits per heavy atom. The van der Waals surface area contributed by atoms with Gasteiger partial charge in [-0.15, -0.1) is 4.37 Å². The van der Waals surface area contributed by atoms with E-state index >= 15 is 0 Å². The number of hydrogen-bond donors (Lipinski definition) is 2. The predicted octanol–water partition coefficient (Wildman–Crippen LogP) is 1.45. The van der Waals surface area contributed by atoms with Crippen molar-refractivity contribution in [3.05, 3.63) is 6.20 Å². The van der Waals surface area contributed by atoms with Crippen LogP contribution < -0.4 is 10.1 Å². The van der Waals surface area contributed by atoms with Gasteiger partial charge >= 0.3 is 0 Å². The zero-order valence-electron chi connectivity index (χ0n) is 10.7. The molecule has 1 aromatic rings. The standard InChI is InChI=1S/C12H21N3O2S/c1-9(10-4-2-3-5-10)13-6-11(16)8-17-12-7-14-18-15-12/h7,9-11,13,16H,2-6,8H2,1H3/t9-,11?/m1/s1. The third-order valence-electron chi connectivity index (χ3n) is 3.55. The second kappa shape index (κ2) is 7.01. The molecule has 6 heteroatoms. The SMILES string of the molecule is C[C@@H](NCC(O)COc1cnsn1)C1CCCC1. The van der Waals surface area contributed by atoms with Crippen LogP contribution in [-0.2, 0) is 0 Å². The fourth-order valence-corrected chi connectivity index (χ4v) is 2.77. The van der Waals surface area contributed by atoms with Crippen molar-refractivity contribution in [1.82, 2.24) is 14.1 Å². The zero-order valence-corrected chi connectivity index (χ0v) is 11.5. The Hall–Kier alpha value is -0.720. The van der Waals surface area contributed by atoms with Crippen LogP contribution in [0.3, 0.4) is 0 Å². The molecule has 0 bridgehead atoms. The van der Waals surface area contributed by atoms with Crippen LogP contribution >= 0.6 is 11.7 Å². The molecule has 0 aromatic carbocycles. The molecular formula is C12H21N3O2S. The van der Waals surface area contributed by atoms with Gasteiger partial charge in [0.15, 0.2) is 0 Å². The molecule has 0 amide bonds. The van der Waals surface area contributed by atoms with Crippen LogP contribution in [0, 0.1) is 5.92 Å². The van der Waals surface area contributed by atoms with E-state index < -0.39 is 6.10 Å². The lowest BCUT2D eigenvalue weighted by molar-refractivity contribution is 0.0997. The van der Waals surface area contributed by atoms with Crippen LogP contribution in [0.1, 0.15) is 32.6 Å². The highest BCUT2D eigenvalue weighted by Gasteiger charge is 2.21. The van der Waals surface area contributed by atoms with Crippen LogP contribution in [0.4, 0.5) is 0 Å². The summed E-state index contributed by atoms with van der Waals surface area (Å²) in [7, 11) is 0. The molecule has 2 atom stereocenters. The molecule has 1 heterocycles. The summed E-state index contributed by atoms with van der Waals surface area (Å²) >= 11 is 1.10. The molecule has 0 radical (unpaired) electrons. The highest BCUT2D eigenvalue weighted by Crippen LogP contribution is 2.27. The van der Waals surface area contributed by atoms with Gasteiger partial charge in [0.25, 0.3) is 0 Å². The highest BCUT2D eigenvalue weighted by atomic mass is 32.1. The van der Waals surface area contributed by atoms with E-state index in [0.717, 1.165) is 17.6 Å². The molecule has 1 fully saturated rings. The van der Waals surface area contributed by atoms with Crippen molar-refractivity contribution >= 4 is 11.7 Å². The monoisotopic (exact) mass is 271 g/mol. The molecule has 102 valence electrons. The molecule has 1 aliphatic carbocycles. The minimum absolute atomic E-state index is 0.260. The predicted molar refractivity (Wildman–Crippen MR) is 70.8 cm³/mol. The Kier molecular flexibility index (Phi) is 5.34. The van der Waals surface area contributed by atoms with Gasteiger partial charge in [0.1, 0.15) is 18.9 Å². The van der Waals surface area contributed by atoms with Gasteiger partial charge in [-0.05, 0) is 25.7 Å². The van der Waals surface area contributed by atoms with Crippen molar-refractivity contribution in [2.24, 2.45) is 5.92 Å². The van der Waals surface area contributed by atoms with E-state index in [0.29, 0.717) is 18.5 Å². The van der Waals surface area contributed by atoms with E-state index in [1.165, 1.54) is 25.7 Å². The number of nitrogens with zero attached hydrogens (tertiary/aromatic N) is 2. The van der Waals surface area contributed by atoms with Crippen LogP contribution in [0.5, 0.6) is 5.88 Å². The summed E-state index contributed by atoms with van der Waals surface area (Å²) in [6.07, 6.45) is 6.37. The maximum Gasteiger partial charge on any atom is 0.245 e. The van der Waals surface area contributed by atoms with E-state index in [9.17, 15) is 5.11 Å². The van der Waals surface area contributed by atoms with Crippen molar-refractivity contribution < 1.29 is 9.84 Å². The molecular weight excluding hydrogens is 250 g/mol. The summed E-state index contributed by atoms with van der Waals surface area (Å²) in [5.41, 5.74) is 0. The van der Waals surface area contributed by atoms with Crippen molar-refractivity contribution in [1.29, 1.82) is 0 Å². The van der Waals surface area contributed by atoms with Gasteiger partial charge in [0.2, 0.25) is 5.88 Å². The zero-order chi connectivity index (χ0) is 12.8. The average Bonchev–Trinajstić information content (AvgIpc) is 3.05.